The van der Waals surface area contributed by atoms with Crippen molar-refractivity contribution in [2.24, 2.45) is 17.3 Å². The molecule has 1 aliphatic rings. The fourth-order valence-electron chi connectivity index (χ4n) is 1.69. The number of allylic oxidation sites excluding steroid dienone is 1. The standard InChI is InChI=1S/C9H13ClO2/c1-9(2)6(4-5-10)7(9)8(11)12-3/h4-7H,1-3H3. The van der Waals surface area contributed by atoms with Crippen LogP contribution < -0.4 is 0 Å². The van der Waals surface area contributed by atoms with Gasteiger partial charge in [0.1, 0.15) is 0 Å². The third kappa shape index (κ3) is 1.36. The average molecular weight is 189 g/mol. The molecule has 68 valence electrons. The van der Waals surface area contributed by atoms with Gasteiger partial charge in [0.2, 0.25) is 0 Å². The Kier molecular flexibility index (Phi) is 2.47. The highest BCUT2D eigenvalue weighted by molar-refractivity contribution is 6.25. The summed E-state index contributed by atoms with van der Waals surface area (Å²) in [5.74, 6) is 0.0831. The van der Waals surface area contributed by atoms with Crippen molar-refractivity contribution in [1.82, 2.24) is 0 Å². The zero-order valence-corrected chi connectivity index (χ0v) is 8.26. The molecule has 0 aliphatic heterocycles. The number of hydrogen-bond acceptors (Lipinski definition) is 2. The largest absolute Gasteiger partial charge is 0.469 e. The van der Waals surface area contributed by atoms with E-state index in [-0.39, 0.29) is 23.2 Å². The maximum Gasteiger partial charge on any atom is 0.309 e. The van der Waals surface area contributed by atoms with Crippen molar-refractivity contribution in [3.8, 4) is 0 Å². The van der Waals surface area contributed by atoms with E-state index in [0.29, 0.717) is 0 Å². The Morgan fingerprint density at radius 1 is 1.58 bits per heavy atom. The first-order valence-corrected chi connectivity index (χ1v) is 4.34. The molecule has 0 bridgehead atoms. The summed E-state index contributed by atoms with van der Waals surface area (Å²) in [6, 6.07) is 0. The van der Waals surface area contributed by atoms with Crippen molar-refractivity contribution in [2.45, 2.75) is 13.8 Å². The van der Waals surface area contributed by atoms with Crippen LogP contribution in [0.2, 0.25) is 0 Å². The van der Waals surface area contributed by atoms with Crippen molar-refractivity contribution in [1.29, 1.82) is 0 Å². The van der Waals surface area contributed by atoms with E-state index in [1.807, 2.05) is 19.9 Å². The van der Waals surface area contributed by atoms with Crippen LogP contribution in [0.4, 0.5) is 0 Å². The summed E-state index contributed by atoms with van der Waals surface area (Å²) in [4.78, 5) is 11.2. The monoisotopic (exact) mass is 188 g/mol. The number of methoxy groups -OCH3 is 1. The predicted octanol–water partition coefficient (Wildman–Crippen LogP) is 2.18. The fraction of sp³-hybridized carbons (Fsp3) is 0.667. The molecule has 1 aliphatic carbocycles. The van der Waals surface area contributed by atoms with Gasteiger partial charge >= 0.3 is 5.97 Å². The first kappa shape index (κ1) is 9.59. The quantitative estimate of drug-likeness (QED) is 0.621. The molecule has 2 unspecified atom stereocenters. The second-order valence-corrected chi connectivity index (χ2v) is 3.92. The molecule has 1 saturated carbocycles. The van der Waals surface area contributed by atoms with Crippen LogP contribution in [0, 0.1) is 17.3 Å². The van der Waals surface area contributed by atoms with Crippen LogP contribution in [0.5, 0.6) is 0 Å². The molecule has 12 heavy (non-hydrogen) atoms. The molecule has 0 radical (unpaired) electrons. The highest BCUT2D eigenvalue weighted by atomic mass is 35.5. The Morgan fingerprint density at radius 2 is 2.17 bits per heavy atom. The van der Waals surface area contributed by atoms with Crippen LogP contribution >= 0.6 is 11.6 Å². The summed E-state index contributed by atoms with van der Waals surface area (Å²) >= 11 is 5.44. The second-order valence-electron chi connectivity index (χ2n) is 3.67. The minimum absolute atomic E-state index is 0.0124. The average Bonchev–Trinajstić information content (AvgIpc) is 2.53. The summed E-state index contributed by atoms with van der Waals surface area (Å²) in [5, 5.41) is 0. The second kappa shape index (κ2) is 3.09. The lowest BCUT2D eigenvalue weighted by Gasteiger charge is -1.98. The topological polar surface area (TPSA) is 26.3 Å². The minimum atomic E-state index is -0.139. The van der Waals surface area contributed by atoms with E-state index in [2.05, 4.69) is 4.74 Å². The summed E-state index contributed by atoms with van der Waals surface area (Å²) in [5.41, 5.74) is 1.48. The summed E-state index contributed by atoms with van der Waals surface area (Å²) in [6.07, 6.45) is 1.85. The molecule has 0 saturated heterocycles. The van der Waals surface area contributed by atoms with Crippen molar-refractivity contribution in [3.63, 3.8) is 0 Å². The van der Waals surface area contributed by atoms with E-state index in [1.165, 1.54) is 12.6 Å². The fourth-order valence-corrected chi connectivity index (χ4v) is 1.85. The van der Waals surface area contributed by atoms with Crippen LogP contribution in [-0.4, -0.2) is 13.1 Å². The molecule has 2 atom stereocenters. The van der Waals surface area contributed by atoms with Gasteiger partial charge in [-0.05, 0) is 11.3 Å². The molecule has 0 aromatic carbocycles. The zero-order valence-electron chi connectivity index (χ0n) is 7.50. The Labute approximate surface area is 77.5 Å². The van der Waals surface area contributed by atoms with E-state index in [1.54, 1.807) is 0 Å². The van der Waals surface area contributed by atoms with E-state index in [4.69, 9.17) is 11.6 Å². The molecule has 0 amide bonds. The number of carbonyl (C=O) groups excluding carboxylic acids is 1. The predicted molar refractivity (Wildman–Crippen MR) is 47.8 cm³/mol. The molecule has 1 rings (SSSR count). The number of rotatable bonds is 2. The number of ether oxygens (including phenoxy) is 1. The van der Waals surface area contributed by atoms with E-state index < -0.39 is 0 Å². The maximum absolute atomic E-state index is 11.2. The molecule has 3 heteroatoms. The SMILES string of the molecule is COC(=O)C1C(C=CCl)C1(C)C. The third-order valence-electron chi connectivity index (χ3n) is 2.65. The van der Waals surface area contributed by atoms with Crippen molar-refractivity contribution < 1.29 is 9.53 Å². The van der Waals surface area contributed by atoms with Gasteiger partial charge in [0.25, 0.3) is 0 Å². The van der Waals surface area contributed by atoms with Gasteiger partial charge in [-0.2, -0.15) is 0 Å². The lowest BCUT2D eigenvalue weighted by Crippen LogP contribution is -2.07. The smallest absolute Gasteiger partial charge is 0.309 e. The Bertz CT molecular complexity index is 221. The van der Waals surface area contributed by atoms with Crippen LogP contribution in [0.1, 0.15) is 13.8 Å². The van der Waals surface area contributed by atoms with Gasteiger partial charge in [-0.15, -0.1) is 0 Å². The zero-order chi connectivity index (χ0) is 9.35. The van der Waals surface area contributed by atoms with Gasteiger partial charge in [0.05, 0.1) is 13.0 Å². The number of carbonyl (C=O) groups is 1. The molecule has 0 spiro atoms. The van der Waals surface area contributed by atoms with Gasteiger partial charge in [0.15, 0.2) is 0 Å². The maximum atomic E-state index is 11.2. The van der Waals surface area contributed by atoms with Crippen LogP contribution in [0.25, 0.3) is 0 Å². The van der Waals surface area contributed by atoms with E-state index in [0.717, 1.165) is 0 Å². The number of esters is 1. The van der Waals surface area contributed by atoms with E-state index in [9.17, 15) is 4.79 Å². The first-order valence-electron chi connectivity index (χ1n) is 3.90. The number of hydrogen-bond donors (Lipinski definition) is 0. The highest BCUT2D eigenvalue weighted by Crippen LogP contribution is 2.59. The Morgan fingerprint density at radius 3 is 2.58 bits per heavy atom. The van der Waals surface area contributed by atoms with Crippen LogP contribution in [0.15, 0.2) is 11.6 Å². The van der Waals surface area contributed by atoms with Crippen molar-refractivity contribution in [3.05, 3.63) is 11.6 Å². The molecule has 1 fully saturated rings. The normalized spacial score (nSPS) is 32.0. The summed E-state index contributed by atoms with van der Waals surface area (Å²) in [7, 11) is 1.41. The molecule has 0 heterocycles. The molecule has 0 N–H and O–H groups in total. The third-order valence-corrected chi connectivity index (χ3v) is 2.79. The Hall–Kier alpha value is -0.500. The summed E-state index contributed by atoms with van der Waals surface area (Å²) in [6.45, 7) is 4.08. The number of halogens is 1. The highest BCUT2D eigenvalue weighted by Gasteiger charge is 2.61. The molecule has 0 aromatic heterocycles. The minimum Gasteiger partial charge on any atom is -0.469 e. The van der Waals surface area contributed by atoms with Gasteiger partial charge in [0, 0.05) is 5.54 Å². The van der Waals surface area contributed by atoms with Crippen LogP contribution in [0.3, 0.4) is 0 Å². The van der Waals surface area contributed by atoms with Gasteiger partial charge in [-0.3, -0.25) is 4.79 Å². The molecular formula is C9H13ClO2. The van der Waals surface area contributed by atoms with Crippen molar-refractivity contribution >= 4 is 17.6 Å². The lowest BCUT2D eigenvalue weighted by atomic mass is 10.1. The van der Waals surface area contributed by atoms with Gasteiger partial charge in [-0.25, -0.2) is 0 Å². The van der Waals surface area contributed by atoms with Crippen molar-refractivity contribution in [2.75, 3.05) is 7.11 Å². The van der Waals surface area contributed by atoms with Gasteiger partial charge in [-0.1, -0.05) is 31.5 Å². The Balaban J connectivity index is 2.66. The van der Waals surface area contributed by atoms with E-state index >= 15 is 0 Å². The molecular weight excluding hydrogens is 176 g/mol. The van der Waals surface area contributed by atoms with Gasteiger partial charge < -0.3 is 4.74 Å². The lowest BCUT2D eigenvalue weighted by molar-refractivity contribution is -0.143. The summed E-state index contributed by atoms with van der Waals surface area (Å²) < 4.78 is 4.67. The van der Waals surface area contributed by atoms with Crippen LogP contribution in [-0.2, 0) is 9.53 Å². The first-order chi connectivity index (χ1) is 5.55. The molecule has 0 aromatic rings. The molecule has 2 nitrogen and oxygen atoms in total.